The molecule has 1 saturated heterocycles. The summed E-state index contributed by atoms with van der Waals surface area (Å²) < 4.78 is 21.6. The molecule has 0 aliphatic carbocycles. The molecule has 2 aromatic heterocycles. The summed E-state index contributed by atoms with van der Waals surface area (Å²) in [6.45, 7) is 6.04. The van der Waals surface area contributed by atoms with Crippen LogP contribution in [0.2, 0.25) is 0 Å². The lowest BCUT2D eigenvalue weighted by atomic mass is 10.2. The third kappa shape index (κ3) is 4.93. The van der Waals surface area contributed by atoms with Crippen molar-refractivity contribution in [3.8, 4) is 5.69 Å². The lowest BCUT2D eigenvalue weighted by molar-refractivity contribution is 0.0740. The van der Waals surface area contributed by atoms with Crippen molar-refractivity contribution >= 4 is 23.4 Å². The number of carbonyl (C=O) groups is 1. The number of aryl methyl sites for hydroxylation is 2. The molecule has 1 aliphatic heterocycles. The van der Waals surface area contributed by atoms with Crippen molar-refractivity contribution < 1.29 is 13.6 Å². The Hall–Kier alpha value is -3.66. The molecule has 0 N–H and O–H groups in total. The average molecular weight is 493 g/mol. The van der Waals surface area contributed by atoms with Gasteiger partial charge in [-0.3, -0.25) is 9.36 Å². The first-order valence-corrected chi connectivity index (χ1v) is 12.3. The van der Waals surface area contributed by atoms with E-state index in [1.54, 1.807) is 17.0 Å². The topological polar surface area (TPSA) is 80.3 Å². The Bertz CT molecular complexity index is 1330. The summed E-state index contributed by atoms with van der Waals surface area (Å²) in [7, 11) is 0. The van der Waals surface area contributed by atoms with Gasteiger partial charge in [0.1, 0.15) is 17.9 Å². The van der Waals surface area contributed by atoms with E-state index >= 15 is 0 Å². The van der Waals surface area contributed by atoms with Crippen LogP contribution in [0, 0.1) is 19.7 Å². The number of rotatable bonds is 6. The van der Waals surface area contributed by atoms with Gasteiger partial charge in [0.15, 0.2) is 10.9 Å². The van der Waals surface area contributed by atoms with E-state index in [-0.39, 0.29) is 17.4 Å². The van der Waals surface area contributed by atoms with Crippen molar-refractivity contribution in [2.45, 2.75) is 24.8 Å². The number of carbonyl (C=O) groups excluding carboxylic acids is 1. The van der Waals surface area contributed by atoms with E-state index in [0.29, 0.717) is 43.5 Å². The molecule has 180 valence electrons. The molecule has 5 rings (SSSR count). The maximum absolute atomic E-state index is 14.1. The molecule has 1 amide bonds. The minimum absolute atomic E-state index is 0.183. The van der Waals surface area contributed by atoms with Crippen LogP contribution >= 0.6 is 11.8 Å². The predicted octanol–water partition coefficient (Wildman–Crippen LogP) is 4.27. The summed E-state index contributed by atoms with van der Waals surface area (Å²) in [6.07, 6.45) is 1.40. The van der Waals surface area contributed by atoms with E-state index in [0.717, 1.165) is 16.7 Å². The molecule has 35 heavy (non-hydrogen) atoms. The van der Waals surface area contributed by atoms with Gasteiger partial charge in [0.2, 0.25) is 5.89 Å². The molecule has 0 atom stereocenters. The van der Waals surface area contributed by atoms with Gasteiger partial charge in [-0.25, -0.2) is 9.37 Å². The molecule has 0 spiro atoms. The van der Waals surface area contributed by atoms with E-state index < -0.39 is 0 Å². The highest BCUT2D eigenvalue weighted by atomic mass is 32.2. The van der Waals surface area contributed by atoms with Crippen molar-refractivity contribution in [1.29, 1.82) is 0 Å². The maximum atomic E-state index is 14.1. The fourth-order valence-corrected chi connectivity index (χ4v) is 4.90. The molecular weight excluding hydrogens is 467 g/mol. The van der Waals surface area contributed by atoms with Crippen LogP contribution in [0.5, 0.6) is 0 Å². The van der Waals surface area contributed by atoms with Gasteiger partial charge in [0, 0.05) is 31.9 Å². The molecule has 0 radical (unpaired) electrons. The Labute approximate surface area is 206 Å². The highest BCUT2D eigenvalue weighted by Crippen LogP contribution is 2.26. The third-order valence-electron chi connectivity index (χ3n) is 5.94. The molecule has 1 aliphatic rings. The summed E-state index contributed by atoms with van der Waals surface area (Å²) >= 11 is 1.45. The van der Waals surface area contributed by atoms with Crippen LogP contribution in [0.15, 0.2) is 64.4 Å². The zero-order valence-electron chi connectivity index (χ0n) is 19.5. The Morgan fingerprint density at radius 2 is 1.77 bits per heavy atom. The largest absolute Gasteiger partial charge is 0.447 e. The Balaban J connectivity index is 1.20. The minimum Gasteiger partial charge on any atom is -0.447 e. The van der Waals surface area contributed by atoms with Crippen molar-refractivity contribution in [2.75, 3.05) is 31.1 Å². The van der Waals surface area contributed by atoms with Gasteiger partial charge in [0.25, 0.3) is 5.91 Å². The van der Waals surface area contributed by atoms with Crippen LogP contribution in [0.1, 0.15) is 27.8 Å². The molecular formula is C25H25FN6O2S. The van der Waals surface area contributed by atoms with Crippen molar-refractivity contribution in [3.05, 3.63) is 83.6 Å². The maximum Gasteiger partial charge on any atom is 0.275 e. The molecule has 0 saturated carbocycles. The fraction of sp³-hybridized carbons (Fsp3) is 0.280. The second-order valence-electron chi connectivity index (χ2n) is 8.35. The van der Waals surface area contributed by atoms with E-state index in [1.807, 2.05) is 53.6 Å². The number of thioether (sulfide) groups is 1. The van der Waals surface area contributed by atoms with Crippen molar-refractivity contribution in [2.24, 2.45) is 0 Å². The van der Waals surface area contributed by atoms with E-state index in [1.165, 1.54) is 29.7 Å². The summed E-state index contributed by atoms with van der Waals surface area (Å²) in [6, 6.07) is 14.9. The number of halogens is 1. The molecule has 0 unspecified atom stereocenters. The summed E-state index contributed by atoms with van der Waals surface area (Å²) in [4.78, 5) is 21.0. The highest BCUT2D eigenvalue weighted by molar-refractivity contribution is 7.98. The van der Waals surface area contributed by atoms with Crippen LogP contribution in [-0.4, -0.2) is 56.7 Å². The van der Waals surface area contributed by atoms with E-state index in [9.17, 15) is 9.18 Å². The number of hydrogen-bond acceptors (Lipinski definition) is 7. The van der Waals surface area contributed by atoms with Crippen LogP contribution in [-0.2, 0) is 5.75 Å². The van der Waals surface area contributed by atoms with E-state index in [4.69, 9.17) is 4.42 Å². The zero-order valence-corrected chi connectivity index (χ0v) is 20.3. The molecule has 3 heterocycles. The normalized spacial score (nSPS) is 13.9. The second-order valence-corrected chi connectivity index (χ2v) is 9.29. The van der Waals surface area contributed by atoms with Gasteiger partial charge in [-0.1, -0.05) is 41.6 Å². The average Bonchev–Trinajstić information content (AvgIpc) is 3.50. The number of oxazole rings is 1. The summed E-state index contributed by atoms with van der Waals surface area (Å²) in [5.74, 6) is 1.21. The number of para-hydroxylation sites is 1. The third-order valence-corrected chi connectivity index (χ3v) is 6.86. The molecule has 8 nitrogen and oxygen atoms in total. The van der Waals surface area contributed by atoms with Crippen LogP contribution in [0.3, 0.4) is 0 Å². The first-order chi connectivity index (χ1) is 17.0. The zero-order chi connectivity index (χ0) is 24.4. The van der Waals surface area contributed by atoms with Crippen molar-refractivity contribution in [1.82, 2.24) is 24.6 Å². The lowest BCUT2D eigenvalue weighted by Gasteiger charge is -2.35. The second kappa shape index (κ2) is 9.91. The quantitative estimate of drug-likeness (QED) is 0.372. The Kier molecular flexibility index (Phi) is 6.54. The SMILES string of the molecule is Cc1ccc(-n2c(C)nnc2SCc2nc(C(=O)N3CCN(c4ccccc4F)CC3)co2)cc1. The summed E-state index contributed by atoms with van der Waals surface area (Å²) in [5.41, 5.74) is 3.00. The highest BCUT2D eigenvalue weighted by Gasteiger charge is 2.25. The minimum atomic E-state index is -0.251. The van der Waals surface area contributed by atoms with Gasteiger partial charge >= 0.3 is 0 Å². The molecule has 2 aromatic carbocycles. The summed E-state index contributed by atoms with van der Waals surface area (Å²) in [5, 5.41) is 9.22. The van der Waals surface area contributed by atoms with Crippen LogP contribution in [0.25, 0.3) is 5.69 Å². The number of hydrogen-bond donors (Lipinski definition) is 0. The first kappa shape index (κ1) is 23.1. The lowest BCUT2D eigenvalue weighted by Crippen LogP contribution is -2.49. The standard InChI is InChI=1S/C25H25FN6O2S/c1-17-7-9-19(10-8-17)32-18(2)28-29-25(32)35-16-23-27-21(15-34-23)24(33)31-13-11-30(12-14-31)22-6-4-3-5-20(22)26/h3-10,15H,11-14,16H2,1-2H3. The molecule has 4 aromatic rings. The smallest absolute Gasteiger partial charge is 0.275 e. The first-order valence-electron chi connectivity index (χ1n) is 11.3. The monoisotopic (exact) mass is 492 g/mol. The van der Waals surface area contributed by atoms with Gasteiger partial charge in [-0.2, -0.15) is 0 Å². The number of nitrogens with zero attached hydrogens (tertiary/aromatic N) is 6. The van der Waals surface area contributed by atoms with Crippen LogP contribution in [0.4, 0.5) is 10.1 Å². The molecule has 10 heteroatoms. The number of anilines is 1. The van der Waals surface area contributed by atoms with Crippen molar-refractivity contribution in [3.63, 3.8) is 0 Å². The van der Waals surface area contributed by atoms with Gasteiger partial charge in [-0.05, 0) is 38.1 Å². The van der Waals surface area contributed by atoms with Crippen LogP contribution < -0.4 is 4.90 Å². The fourth-order valence-electron chi connectivity index (χ4n) is 4.05. The van der Waals surface area contributed by atoms with E-state index in [2.05, 4.69) is 15.2 Å². The number of benzene rings is 2. The predicted molar refractivity (Wildman–Crippen MR) is 131 cm³/mol. The Morgan fingerprint density at radius 3 is 2.51 bits per heavy atom. The van der Waals surface area contributed by atoms with Gasteiger partial charge in [0.05, 0.1) is 11.4 Å². The van der Waals surface area contributed by atoms with Gasteiger partial charge < -0.3 is 14.2 Å². The number of piperazine rings is 1. The molecule has 0 bridgehead atoms. The van der Waals surface area contributed by atoms with Gasteiger partial charge in [-0.15, -0.1) is 10.2 Å². The number of amides is 1. The molecule has 1 fully saturated rings. The Morgan fingerprint density at radius 1 is 1.03 bits per heavy atom. The number of aromatic nitrogens is 4.